The Labute approximate surface area is 97.8 Å². The summed E-state index contributed by atoms with van der Waals surface area (Å²) in [6.45, 7) is 4.40. The van der Waals surface area contributed by atoms with Gasteiger partial charge in [0.25, 0.3) is 0 Å². The fourth-order valence-electron chi connectivity index (χ4n) is 1.51. The lowest BCUT2D eigenvalue weighted by Gasteiger charge is -2.08. The second kappa shape index (κ2) is 7.63. The van der Waals surface area contributed by atoms with Gasteiger partial charge in [-0.1, -0.05) is 6.92 Å². The minimum atomic E-state index is 0.0992. The van der Waals surface area contributed by atoms with Crippen molar-refractivity contribution in [3.8, 4) is 0 Å². The van der Waals surface area contributed by atoms with Crippen molar-refractivity contribution >= 4 is 5.91 Å². The minimum Gasteiger partial charge on any atom is -0.396 e. The standard InChI is InChI=1S/C12H24N2O2/c1-10(9-15)3-2-6-13-8-12(16)14-7-11-4-5-11/h10-11,13,15H,2-9H2,1H3,(H,14,16). The Morgan fingerprint density at radius 3 is 2.88 bits per heavy atom. The van der Waals surface area contributed by atoms with Crippen LogP contribution in [0, 0.1) is 11.8 Å². The summed E-state index contributed by atoms with van der Waals surface area (Å²) in [6, 6.07) is 0. The van der Waals surface area contributed by atoms with E-state index in [9.17, 15) is 4.79 Å². The third kappa shape index (κ3) is 6.80. The molecule has 0 aromatic heterocycles. The van der Waals surface area contributed by atoms with E-state index in [1.54, 1.807) is 0 Å². The van der Waals surface area contributed by atoms with Crippen LogP contribution in [0.3, 0.4) is 0 Å². The second-order valence-corrected chi connectivity index (χ2v) is 4.85. The highest BCUT2D eigenvalue weighted by molar-refractivity contribution is 5.77. The summed E-state index contributed by atoms with van der Waals surface area (Å²) in [6.07, 6.45) is 4.56. The highest BCUT2D eigenvalue weighted by atomic mass is 16.3. The number of aliphatic hydroxyl groups excluding tert-OH is 1. The van der Waals surface area contributed by atoms with Crippen LogP contribution in [-0.4, -0.2) is 37.3 Å². The zero-order valence-corrected chi connectivity index (χ0v) is 10.2. The van der Waals surface area contributed by atoms with Crippen LogP contribution in [0.4, 0.5) is 0 Å². The Morgan fingerprint density at radius 2 is 2.25 bits per heavy atom. The Bertz CT molecular complexity index is 205. The van der Waals surface area contributed by atoms with Crippen LogP contribution in [0.25, 0.3) is 0 Å². The summed E-state index contributed by atoms with van der Waals surface area (Å²) in [5, 5.41) is 14.9. The average molecular weight is 228 g/mol. The van der Waals surface area contributed by atoms with E-state index in [0.29, 0.717) is 12.5 Å². The number of hydrogen-bond acceptors (Lipinski definition) is 3. The molecule has 1 fully saturated rings. The molecule has 0 saturated heterocycles. The zero-order chi connectivity index (χ0) is 11.8. The van der Waals surface area contributed by atoms with Crippen LogP contribution >= 0.6 is 0 Å². The van der Waals surface area contributed by atoms with Gasteiger partial charge >= 0.3 is 0 Å². The number of nitrogens with one attached hydrogen (secondary N) is 2. The first-order valence-electron chi connectivity index (χ1n) is 6.30. The molecule has 4 nitrogen and oxygen atoms in total. The van der Waals surface area contributed by atoms with Gasteiger partial charge in [0.15, 0.2) is 0 Å². The molecule has 0 heterocycles. The van der Waals surface area contributed by atoms with Gasteiger partial charge in [0.2, 0.25) is 5.91 Å². The van der Waals surface area contributed by atoms with E-state index < -0.39 is 0 Å². The number of amides is 1. The van der Waals surface area contributed by atoms with E-state index >= 15 is 0 Å². The van der Waals surface area contributed by atoms with Crippen molar-refractivity contribution in [2.24, 2.45) is 11.8 Å². The lowest BCUT2D eigenvalue weighted by molar-refractivity contribution is -0.120. The van der Waals surface area contributed by atoms with Gasteiger partial charge < -0.3 is 15.7 Å². The van der Waals surface area contributed by atoms with Gasteiger partial charge in [-0.05, 0) is 44.1 Å². The van der Waals surface area contributed by atoms with Gasteiger partial charge in [0.05, 0.1) is 6.54 Å². The second-order valence-electron chi connectivity index (χ2n) is 4.85. The first-order chi connectivity index (χ1) is 7.72. The maximum absolute atomic E-state index is 11.3. The molecule has 0 aromatic rings. The molecule has 0 bridgehead atoms. The van der Waals surface area contributed by atoms with Gasteiger partial charge in [0, 0.05) is 13.2 Å². The van der Waals surface area contributed by atoms with Crippen molar-refractivity contribution in [1.29, 1.82) is 0 Å². The van der Waals surface area contributed by atoms with E-state index in [2.05, 4.69) is 10.6 Å². The average Bonchev–Trinajstić information content (AvgIpc) is 3.09. The molecule has 1 amide bonds. The smallest absolute Gasteiger partial charge is 0.233 e. The Morgan fingerprint density at radius 1 is 1.50 bits per heavy atom. The number of carbonyl (C=O) groups is 1. The monoisotopic (exact) mass is 228 g/mol. The van der Waals surface area contributed by atoms with E-state index in [-0.39, 0.29) is 12.5 Å². The van der Waals surface area contributed by atoms with Crippen LogP contribution < -0.4 is 10.6 Å². The summed E-state index contributed by atoms with van der Waals surface area (Å²) in [4.78, 5) is 11.3. The molecule has 1 saturated carbocycles. The lowest BCUT2D eigenvalue weighted by atomic mass is 10.1. The number of carbonyl (C=O) groups excluding carboxylic acids is 1. The van der Waals surface area contributed by atoms with Crippen LogP contribution in [0.1, 0.15) is 32.6 Å². The maximum atomic E-state index is 11.3. The predicted octanol–water partition coefficient (Wildman–Crippen LogP) is 0.511. The summed E-state index contributed by atoms with van der Waals surface area (Å²) < 4.78 is 0. The largest absolute Gasteiger partial charge is 0.396 e. The van der Waals surface area contributed by atoms with Crippen LogP contribution in [0.2, 0.25) is 0 Å². The molecular formula is C12H24N2O2. The fourth-order valence-corrected chi connectivity index (χ4v) is 1.51. The van der Waals surface area contributed by atoms with Gasteiger partial charge in [-0.25, -0.2) is 0 Å². The van der Waals surface area contributed by atoms with Crippen molar-refractivity contribution < 1.29 is 9.90 Å². The van der Waals surface area contributed by atoms with Crippen molar-refractivity contribution in [3.63, 3.8) is 0 Å². The summed E-state index contributed by atoms with van der Waals surface area (Å²) >= 11 is 0. The molecule has 0 aromatic carbocycles. The third-order valence-electron chi connectivity index (χ3n) is 2.93. The molecule has 1 atom stereocenters. The lowest BCUT2D eigenvalue weighted by Crippen LogP contribution is -2.35. The van der Waals surface area contributed by atoms with Crippen molar-refractivity contribution in [2.75, 3.05) is 26.2 Å². The topological polar surface area (TPSA) is 61.4 Å². The summed E-state index contributed by atoms with van der Waals surface area (Å²) in [5.41, 5.74) is 0. The van der Waals surface area contributed by atoms with Crippen LogP contribution in [0.5, 0.6) is 0 Å². The quantitative estimate of drug-likeness (QED) is 0.504. The van der Waals surface area contributed by atoms with Gasteiger partial charge in [-0.15, -0.1) is 0 Å². The normalized spacial score (nSPS) is 17.1. The minimum absolute atomic E-state index is 0.0992. The molecule has 1 unspecified atom stereocenters. The number of rotatable bonds is 9. The molecule has 0 aliphatic heterocycles. The van der Waals surface area contributed by atoms with Gasteiger partial charge in [-0.2, -0.15) is 0 Å². The van der Waals surface area contributed by atoms with Gasteiger partial charge in [-0.3, -0.25) is 4.79 Å². The molecule has 0 radical (unpaired) electrons. The van der Waals surface area contributed by atoms with Crippen LogP contribution in [-0.2, 0) is 4.79 Å². The van der Waals surface area contributed by atoms with Crippen molar-refractivity contribution in [2.45, 2.75) is 32.6 Å². The molecule has 0 spiro atoms. The van der Waals surface area contributed by atoms with Crippen molar-refractivity contribution in [3.05, 3.63) is 0 Å². The summed E-state index contributed by atoms with van der Waals surface area (Å²) in [5.74, 6) is 1.21. The first kappa shape index (κ1) is 13.5. The predicted molar refractivity (Wildman–Crippen MR) is 64.1 cm³/mol. The first-order valence-corrected chi connectivity index (χ1v) is 6.30. The fraction of sp³-hybridized carbons (Fsp3) is 0.917. The van der Waals surface area contributed by atoms with E-state index in [0.717, 1.165) is 31.8 Å². The van der Waals surface area contributed by atoms with E-state index in [1.807, 2.05) is 6.92 Å². The Hall–Kier alpha value is -0.610. The Balaban J connectivity index is 1.83. The molecule has 3 N–H and O–H groups in total. The highest BCUT2D eigenvalue weighted by Crippen LogP contribution is 2.27. The number of hydrogen-bond donors (Lipinski definition) is 3. The highest BCUT2D eigenvalue weighted by Gasteiger charge is 2.21. The van der Waals surface area contributed by atoms with E-state index in [4.69, 9.17) is 5.11 Å². The van der Waals surface area contributed by atoms with Crippen LogP contribution in [0.15, 0.2) is 0 Å². The maximum Gasteiger partial charge on any atom is 0.233 e. The number of aliphatic hydroxyl groups is 1. The molecule has 16 heavy (non-hydrogen) atoms. The molecule has 1 rings (SSSR count). The van der Waals surface area contributed by atoms with Crippen molar-refractivity contribution in [1.82, 2.24) is 10.6 Å². The Kier molecular flexibility index (Phi) is 6.42. The molecule has 4 heteroatoms. The molecule has 1 aliphatic rings. The zero-order valence-electron chi connectivity index (χ0n) is 10.2. The molecule has 94 valence electrons. The molecular weight excluding hydrogens is 204 g/mol. The molecule has 1 aliphatic carbocycles. The summed E-state index contributed by atoms with van der Waals surface area (Å²) in [7, 11) is 0. The van der Waals surface area contributed by atoms with E-state index in [1.165, 1.54) is 12.8 Å². The SMILES string of the molecule is CC(CO)CCCNCC(=O)NCC1CC1. The van der Waals surface area contributed by atoms with Gasteiger partial charge in [0.1, 0.15) is 0 Å². The third-order valence-corrected chi connectivity index (χ3v) is 2.93.